The fourth-order valence-electron chi connectivity index (χ4n) is 4.57. The van der Waals surface area contributed by atoms with Crippen LogP contribution in [-0.4, -0.2) is 27.8 Å². The Bertz CT molecular complexity index is 937. The van der Waals surface area contributed by atoms with Gasteiger partial charge in [-0.15, -0.1) is 0 Å². The zero-order valence-corrected chi connectivity index (χ0v) is 18.5. The van der Waals surface area contributed by atoms with Gasteiger partial charge < -0.3 is 4.74 Å². The third-order valence-electron chi connectivity index (χ3n) is 6.21. The Morgan fingerprint density at radius 2 is 1.79 bits per heavy atom. The fraction of sp³-hybridized carbons (Fsp3) is 0.545. The number of halogens is 1. The van der Waals surface area contributed by atoms with Crippen molar-refractivity contribution in [3.63, 3.8) is 0 Å². The second kappa shape index (κ2) is 8.25. The van der Waals surface area contributed by atoms with E-state index in [4.69, 9.17) is 14.8 Å². The lowest BCUT2D eigenvalue weighted by Gasteiger charge is -2.22. The predicted octanol–water partition coefficient (Wildman–Crippen LogP) is 6.24. The number of imidazole rings is 1. The standard InChI is InChI=1S/C22H26BrN3OS/c23-18-8-6-16(7-9-18)20-19(14-15-10-12-27-13-11-15)26-22(24-20)28-21(25-26)17-4-2-1-3-5-17/h6-9,15,17H,1-5,10-14H2. The van der Waals surface area contributed by atoms with E-state index in [2.05, 4.69) is 44.7 Å². The highest BCUT2D eigenvalue weighted by atomic mass is 79.9. The summed E-state index contributed by atoms with van der Waals surface area (Å²) >= 11 is 5.35. The molecule has 1 aliphatic heterocycles. The average Bonchev–Trinajstić information content (AvgIpc) is 3.30. The summed E-state index contributed by atoms with van der Waals surface area (Å²) < 4.78 is 8.84. The van der Waals surface area contributed by atoms with Gasteiger partial charge in [-0.3, -0.25) is 0 Å². The first-order valence-corrected chi connectivity index (χ1v) is 12.1. The Balaban J connectivity index is 1.54. The first-order chi connectivity index (χ1) is 13.8. The lowest BCUT2D eigenvalue weighted by Crippen LogP contribution is -2.18. The van der Waals surface area contributed by atoms with E-state index in [0.717, 1.165) is 47.6 Å². The van der Waals surface area contributed by atoms with E-state index in [0.29, 0.717) is 11.8 Å². The number of benzene rings is 1. The van der Waals surface area contributed by atoms with Crippen LogP contribution < -0.4 is 0 Å². The van der Waals surface area contributed by atoms with Crippen LogP contribution in [0.25, 0.3) is 16.2 Å². The SMILES string of the molecule is Brc1ccc(-c2nc3sc(C4CCCCC4)nn3c2CC2CCOCC2)cc1. The molecule has 2 aliphatic rings. The molecule has 0 bridgehead atoms. The topological polar surface area (TPSA) is 39.4 Å². The summed E-state index contributed by atoms with van der Waals surface area (Å²) in [5.74, 6) is 1.29. The molecule has 4 nitrogen and oxygen atoms in total. The number of hydrogen-bond acceptors (Lipinski definition) is 4. The normalized spacial score (nSPS) is 19.5. The first kappa shape index (κ1) is 18.8. The molecule has 0 atom stereocenters. The third-order valence-corrected chi connectivity index (χ3v) is 7.81. The van der Waals surface area contributed by atoms with Gasteiger partial charge in [-0.05, 0) is 50.2 Å². The van der Waals surface area contributed by atoms with Gasteiger partial charge in [-0.2, -0.15) is 5.10 Å². The molecule has 1 aliphatic carbocycles. The maximum Gasteiger partial charge on any atom is 0.212 e. The number of rotatable bonds is 4. The Morgan fingerprint density at radius 3 is 2.54 bits per heavy atom. The van der Waals surface area contributed by atoms with Crippen molar-refractivity contribution in [3.8, 4) is 11.3 Å². The Labute approximate surface area is 178 Å². The molecule has 2 aromatic heterocycles. The fourth-order valence-corrected chi connectivity index (χ4v) is 5.92. The van der Waals surface area contributed by atoms with E-state index in [1.807, 2.05) is 0 Å². The van der Waals surface area contributed by atoms with Gasteiger partial charge in [0.2, 0.25) is 4.96 Å². The summed E-state index contributed by atoms with van der Waals surface area (Å²) in [6, 6.07) is 8.52. The largest absolute Gasteiger partial charge is 0.381 e. The van der Waals surface area contributed by atoms with Gasteiger partial charge in [-0.1, -0.05) is 58.7 Å². The summed E-state index contributed by atoms with van der Waals surface area (Å²) in [7, 11) is 0. The van der Waals surface area contributed by atoms with Gasteiger partial charge in [-0.25, -0.2) is 9.50 Å². The molecule has 0 radical (unpaired) electrons. The second-order valence-electron chi connectivity index (χ2n) is 8.14. The van der Waals surface area contributed by atoms with Crippen molar-refractivity contribution in [2.45, 2.75) is 57.3 Å². The summed E-state index contributed by atoms with van der Waals surface area (Å²) in [6.45, 7) is 1.76. The van der Waals surface area contributed by atoms with Crippen molar-refractivity contribution in [1.29, 1.82) is 0 Å². The van der Waals surface area contributed by atoms with Crippen LogP contribution in [0.15, 0.2) is 28.7 Å². The molecule has 0 unspecified atom stereocenters. The number of nitrogens with zero attached hydrogens (tertiary/aromatic N) is 3. The minimum Gasteiger partial charge on any atom is -0.381 e. The van der Waals surface area contributed by atoms with Gasteiger partial charge in [0.25, 0.3) is 0 Å². The summed E-state index contributed by atoms with van der Waals surface area (Å²) in [5.41, 5.74) is 3.57. The molecule has 0 amide bonds. The van der Waals surface area contributed by atoms with Crippen LogP contribution >= 0.6 is 27.3 Å². The zero-order chi connectivity index (χ0) is 18.9. The van der Waals surface area contributed by atoms with Gasteiger partial charge >= 0.3 is 0 Å². The van der Waals surface area contributed by atoms with Gasteiger partial charge in [0.15, 0.2) is 0 Å². The quantitative estimate of drug-likeness (QED) is 0.463. The van der Waals surface area contributed by atoms with Gasteiger partial charge in [0.05, 0.1) is 11.4 Å². The Kier molecular flexibility index (Phi) is 5.53. The monoisotopic (exact) mass is 459 g/mol. The van der Waals surface area contributed by atoms with Crippen molar-refractivity contribution in [1.82, 2.24) is 14.6 Å². The highest BCUT2D eigenvalue weighted by Crippen LogP contribution is 2.37. The minimum absolute atomic E-state index is 0.632. The van der Waals surface area contributed by atoms with Crippen molar-refractivity contribution in [2.75, 3.05) is 13.2 Å². The molecule has 3 aromatic rings. The number of aromatic nitrogens is 3. The maximum atomic E-state index is 5.58. The molecular formula is C22H26BrN3OS. The van der Waals surface area contributed by atoms with Crippen molar-refractivity contribution < 1.29 is 4.74 Å². The predicted molar refractivity (Wildman–Crippen MR) is 117 cm³/mol. The molecule has 6 heteroatoms. The van der Waals surface area contributed by atoms with Gasteiger partial charge in [0.1, 0.15) is 5.01 Å². The van der Waals surface area contributed by atoms with Crippen molar-refractivity contribution >= 4 is 32.2 Å². The van der Waals surface area contributed by atoms with Crippen LogP contribution in [-0.2, 0) is 11.2 Å². The molecular weight excluding hydrogens is 434 g/mol. The number of ether oxygens (including phenoxy) is 1. The van der Waals surface area contributed by atoms with Crippen LogP contribution in [0.1, 0.15) is 61.6 Å². The molecule has 0 spiro atoms. The first-order valence-electron chi connectivity index (χ1n) is 10.5. The highest BCUT2D eigenvalue weighted by molar-refractivity contribution is 9.10. The molecule has 28 heavy (non-hydrogen) atoms. The minimum atomic E-state index is 0.632. The van der Waals surface area contributed by atoms with Gasteiger partial charge in [0, 0.05) is 29.2 Å². The third kappa shape index (κ3) is 3.79. The van der Waals surface area contributed by atoms with Crippen LogP contribution in [0.4, 0.5) is 0 Å². The Morgan fingerprint density at radius 1 is 1.04 bits per heavy atom. The number of fused-ring (bicyclic) bond motifs is 1. The lowest BCUT2D eigenvalue weighted by atomic mass is 9.90. The van der Waals surface area contributed by atoms with E-state index in [1.54, 1.807) is 11.3 Å². The molecule has 2 fully saturated rings. The molecule has 148 valence electrons. The van der Waals surface area contributed by atoms with E-state index in [-0.39, 0.29) is 0 Å². The van der Waals surface area contributed by atoms with Crippen LogP contribution in [0.3, 0.4) is 0 Å². The summed E-state index contributed by atoms with van der Waals surface area (Å²) in [4.78, 5) is 6.12. The molecule has 0 N–H and O–H groups in total. The second-order valence-corrected chi connectivity index (χ2v) is 10.0. The smallest absolute Gasteiger partial charge is 0.212 e. The summed E-state index contributed by atoms with van der Waals surface area (Å²) in [6.07, 6.45) is 9.92. The maximum absolute atomic E-state index is 5.58. The van der Waals surface area contributed by atoms with Crippen molar-refractivity contribution in [2.24, 2.45) is 5.92 Å². The van der Waals surface area contributed by atoms with Crippen molar-refractivity contribution in [3.05, 3.63) is 39.4 Å². The lowest BCUT2D eigenvalue weighted by molar-refractivity contribution is 0.0662. The van der Waals surface area contributed by atoms with E-state index in [9.17, 15) is 0 Å². The van der Waals surface area contributed by atoms with Crippen LogP contribution in [0.2, 0.25) is 0 Å². The summed E-state index contributed by atoms with van der Waals surface area (Å²) in [5, 5.41) is 6.39. The van der Waals surface area contributed by atoms with Crippen LogP contribution in [0.5, 0.6) is 0 Å². The Hall–Kier alpha value is -1.24. The highest BCUT2D eigenvalue weighted by Gasteiger charge is 2.25. The molecule has 1 aromatic carbocycles. The van der Waals surface area contributed by atoms with E-state index in [1.165, 1.54) is 48.4 Å². The molecule has 5 rings (SSSR count). The van der Waals surface area contributed by atoms with E-state index < -0.39 is 0 Å². The molecule has 1 saturated heterocycles. The zero-order valence-electron chi connectivity index (χ0n) is 16.1. The number of hydrogen-bond donors (Lipinski definition) is 0. The molecule has 1 saturated carbocycles. The molecule has 3 heterocycles. The van der Waals surface area contributed by atoms with Crippen LogP contribution in [0, 0.1) is 5.92 Å². The average molecular weight is 460 g/mol. The van der Waals surface area contributed by atoms with E-state index >= 15 is 0 Å².